The Morgan fingerprint density at radius 2 is 1.69 bits per heavy atom. The highest BCUT2D eigenvalue weighted by Crippen LogP contribution is 2.39. The number of nitrogens with zero attached hydrogens (tertiary/aromatic N) is 4. The molecule has 3 aromatic carbocycles. The molecule has 0 fully saturated rings. The highest BCUT2D eigenvalue weighted by atomic mass is 16.2. The molecular weight excluding hydrogens is 482 g/mol. The van der Waals surface area contributed by atoms with Crippen molar-refractivity contribution in [2.24, 2.45) is 0 Å². The summed E-state index contributed by atoms with van der Waals surface area (Å²) < 4.78 is 4.19. The quantitative estimate of drug-likeness (QED) is 0.269. The van der Waals surface area contributed by atoms with E-state index in [2.05, 4.69) is 72.4 Å². The molecule has 1 aliphatic rings. The topological polar surface area (TPSA) is 55.1 Å². The second-order valence-corrected chi connectivity index (χ2v) is 10.6. The van der Waals surface area contributed by atoms with Gasteiger partial charge in [-0.05, 0) is 72.9 Å². The van der Waals surface area contributed by atoms with Gasteiger partial charge < -0.3 is 14.8 Å². The number of para-hydroxylation sites is 1. The molecule has 39 heavy (non-hydrogen) atoms. The van der Waals surface area contributed by atoms with Crippen LogP contribution in [-0.4, -0.2) is 25.3 Å². The Kier molecular flexibility index (Phi) is 6.31. The predicted molar refractivity (Wildman–Crippen MR) is 156 cm³/mol. The van der Waals surface area contributed by atoms with Crippen molar-refractivity contribution in [3.8, 4) is 11.5 Å². The monoisotopic (exact) mass is 515 g/mol. The van der Waals surface area contributed by atoms with Gasteiger partial charge in [0.2, 0.25) is 0 Å². The number of benzene rings is 3. The molecule has 3 heterocycles. The van der Waals surface area contributed by atoms with Gasteiger partial charge in [-0.2, -0.15) is 5.10 Å². The van der Waals surface area contributed by atoms with E-state index in [1.807, 2.05) is 72.0 Å². The van der Waals surface area contributed by atoms with Crippen LogP contribution in [0.2, 0.25) is 0 Å². The lowest BCUT2D eigenvalue weighted by Gasteiger charge is -2.31. The van der Waals surface area contributed by atoms with Crippen LogP contribution in [-0.2, 0) is 6.54 Å². The molecule has 0 bridgehead atoms. The number of nitrogens with one attached hydrogen (secondary N) is 1. The lowest BCUT2D eigenvalue weighted by atomic mass is 9.97. The van der Waals surface area contributed by atoms with E-state index in [0.717, 1.165) is 45.3 Å². The summed E-state index contributed by atoms with van der Waals surface area (Å²) in [6.45, 7) is 8.87. The van der Waals surface area contributed by atoms with Gasteiger partial charge in [-0.1, -0.05) is 68.4 Å². The number of urea groups is 1. The van der Waals surface area contributed by atoms with Crippen molar-refractivity contribution in [2.75, 3.05) is 5.32 Å². The molecule has 1 N–H and O–H groups in total. The molecule has 0 unspecified atom stereocenters. The summed E-state index contributed by atoms with van der Waals surface area (Å²) in [7, 11) is 0. The van der Waals surface area contributed by atoms with E-state index < -0.39 is 0 Å². The molecule has 0 saturated heterocycles. The summed E-state index contributed by atoms with van der Waals surface area (Å²) in [5.41, 5.74) is 8.15. The van der Waals surface area contributed by atoms with Gasteiger partial charge in [0.05, 0.1) is 29.7 Å². The third-order valence-electron chi connectivity index (χ3n) is 7.54. The van der Waals surface area contributed by atoms with E-state index >= 15 is 0 Å². The van der Waals surface area contributed by atoms with Gasteiger partial charge in [-0.25, -0.2) is 9.48 Å². The van der Waals surface area contributed by atoms with Crippen LogP contribution < -0.4 is 5.32 Å². The zero-order valence-corrected chi connectivity index (χ0v) is 22.8. The van der Waals surface area contributed by atoms with Crippen molar-refractivity contribution in [3.05, 3.63) is 131 Å². The first-order valence-corrected chi connectivity index (χ1v) is 13.5. The summed E-state index contributed by atoms with van der Waals surface area (Å²) in [5, 5.41) is 8.11. The van der Waals surface area contributed by atoms with Crippen molar-refractivity contribution in [3.63, 3.8) is 0 Å². The fraction of sp³-hybridized carbons (Fsp3) is 0.212. The van der Waals surface area contributed by atoms with Crippen molar-refractivity contribution in [2.45, 2.75) is 46.2 Å². The SMILES string of the molecule is Cc1cccc(NC(=O)N2Cc3c(C)nn(-c4ccccc4)c3-n3cccc3[C@H]2c2ccc(C(C)C)cc2)c1. The number of aryl methyl sites for hydroxylation is 2. The first kappa shape index (κ1) is 24.7. The van der Waals surface area contributed by atoms with Gasteiger partial charge in [0.25, 0.3) is 0 Å². The molecule has 0 aliphatic carbocycles. The lowest BCUT2D eigenvalue weighted by Crippen LogP contribution is -2.38. The maximum Gasteiger partial charge on any atom is 0.322 e. The minimum absolute atomic E-state index is 0.147. The molecule has 6 heteroatoms. The van der Waals surface area contributed by atoms with Gasteiger partial charge in [0.15, 0.2) is 0 Å². The third-order valence-corrected chi connectivity index (χ3v) is 7.54. The fourth-order valence-corrected chi connectivity index (χ4v) is 5.48. The number of hydrogen-bond acceptors (Lipinski definition) is 2. The number of anilines is 1. The Hall–Kier alpha value is -4.58. The standard InChI is InChI=1S/C33H33N5O/c1-22(2)25-15-17-26(18-16-25)31-30-14-9-19-36(30)32-29(24(4)35-38(32)28-12-6-5-7-13-28)21-37(31)33(39)34-27-11-8-10-23(3)20-27/h5-20,22,31H,21H2,1-4H3,(H,34,39)/t31-/m1/s1. The zero-order chi connectivity index (χ0) is 27.1. The molecule has 2 amide bonds. The van der Waals surface area contributed by atoms with Crippen LogP contribution in [0.4, 0.5) is 10.5 Å². The average molecular weight is 516 g/mol. The molecule has 1 aliphatic heterocycles. The lowest BCUT2D eigenvalue weighted by molar-refractivity contribution is 0.194. The van der Waals surface area contributed by atoms with E-state index in [9.17, 15) is 4.79 Å². The average Bonchev–Trinajstić information content (AvgIpc) is 3.49. The van der Waals surface area contributed by atoms with Crippen LogP contribution in [0.3, 0.4) is 0 Å². The molecule has 6 nitrogen and oxygen atoms in total. The summed E-state index contributed by atoms with van der Waals surface area (Å²) >= 11 is 0. The molecular formula is C33H33N5O. The van der Waals surface area contributed by atoms with Gasteiger partial charge >= 0.3 is 6.03 Å². The summed E-state index contributed by atoms with van der Waals surface area (Å²) in [6.07, 6.45) is 2.08. The molecule has 2 aromatic heterocycles. The van der Waals surface area contributed by atoms with Crippen molar-refractivity contribution in [1.82, 2.24) is 19.2 Å². The van der Waals surface area contributed by atoms with Crippen molar-refractivity contribution >= 4 is 11.7 Å². The number of fused-ring (bicyclic) bond motifs is 3. The van der Waals surface area contributed by atoms with Crippen LogP contribution in [0.5, 0.6) is 0 Å². The smallest absolute Gasteiger partial charge is 0.308 e. The van der Waals surface area contributed by atoms with Gasteiger partial charge in [0.1, 0.15) is 5.82 Å². The Labute approximate surface area is 229 Å². The van der Waals surface area contributed by atoms with Crippen molar-refractivity contribution in [1.29, 1.82) is 0 Å². The molecule has 0 radical (unpaired) electrons. The van der Waals surface area contributed by atoms with E-state index in [-0.39, 0.29) is 12.1 Å². The maximum atomic E-state index is 14.1. The van der Waals surface area contributed by atoms with Crippen LogP contribution in [0.25, 0.3) is 11.5 Å². The maximum absolute atomic E-state index is 14.1. The number of carbonyl (C=O) groups excluding carboxylic acids is 1. The summed E-state index contributed by atoms with van der Waals surface area (Å²) in [6, 6.07) is 30.5. The molecule has 0 saturated carbocycles. The molecule has 5 aromatic rings. The van der Waals surface area contributed by atoms with Gasteiger partial charge in [0, 0.05) is 17.4 Å². The normalized spacial score (nSPS) is 14.6. The predicted octanol–water partition coefficient (Wildman–Crippen LogP) is 7.54. The van der Waals surface area contributed by atoms with Gasteiger partial charge in [-0.3, -0.25) is 0 Å². The highest BCUT2D eigenvalue weighted by Gasteiger charge is 2.36. The van der Waals surface area contributed by atoms with Crippen LogP contribution in [0.15, 0.2) is 97.2 Å². The molecule has 6 rings (SSSR count). The number of amides is 2. The Balaban J connectivity index is 1.52. The van der Waals surface area contributed by atoms with E-state index in [0.29, 0.717) is 12.5 Å². The number of hydrogen-bond donors (Lipinski definition) is 1. The Bertz CT molecular complexity index is 1630. The number of carbonyl (C=O) groups is 1. The summed E-state index contributed by atoms with van der Waals surface area (Å²) in [5.74, 6) is 1.40. The van der Waals surface area contributed by atoms with E-state index in [1.54, 1.807) is 0 Å². The first-order chi connectivity index (χ1) is 18.9. The second-order valence-electron chi connectivity index (χ2n) is 10.6. The molecule has 1 atom stereocenters. The minimum Gasteiger partial charge on any atom is -0.308 e. The third kappa shape index (κ3) is 4.52. The van der Waals surface area contributed by atoms with Crippen LogP contribution in [0, 0.1) is 13.8 Å². The molecule has 196 valence electrons. The summed E-state index contributed by atoms with van der Waals surface area (Å²) in [4.78, 5) is 16.0. The Morgan fingerprint density at radius 1 is 0.923 bits per heavy atom. The molecule has 0 spiro atoms. The van der Waals surface area contributed by atoms with E-state index in [4.69, 9.17) is 5.10 Å². The first-order valence-electron chi connectivity index (χ1n) is 13.5. The van der Waals surface area contributed by atoms with E-state index in [1.165, 1.54) is 5.56 Å². The zero-order valence-electron chi connectivity index (χ0n) is 22.8. The van der Waals surface area contributed by atoms with Crippen LogP contribution >= 0.6 is 0 Å². The second kappa shape index (κ2) is 9.95. The Morgan fingerprint density at radius 3 is 2.41 bits per heavy atom. The van der Waals surface area contributed by atoms with Crippen LogP contribution in [0.1, 0.15) is 59.4 Å². The van der Waals surface area contributed by atoms with Crippen molar-refractivity contribution < 1.29 is 4.79 Å². The highest BCUT2D eigenvalue weighted by molar-refractivity contribution is 5.90. The largest absolute Gasteiger partial charge is 0.322 e. The number of rotatable bonds is 4. The number of aromatic nitrogens is 3. The minimum atomic E-state index is -0.290. The van der Waals surface area contributed by atoms with Gasteiger partial charge in [-0.15, -0.1) is 0 Å². The fourth-order valence-electron chi connectivity index (χ4n) is 5.48.